The lowest BCUT2D eigenvalue weighted by atomic mass is 9.64. The fraction of sp³-hybridized carbons (Fsp3) is 0.417. The number of nitrogens with one attached hydrogen (secondary N) is 2. The number of aryl methyl sites for hydroxylation is 1. The van der Waals surface area contributed by atoms with Crippen molar-refractivity contribution in [3.8, 4) is 0 Å². The number of furan rings is 1. The number of benzene rings is 2. The molecule has 2 aromatic carbocycles. The molecular formula is C36H40N4O4. The molecule has 2 aromatic heterocycles. The van der Waals surface area contributed by atoms with Crippen LogP contribution in [0.4, 0.5) is 0 Å². The molecule has 2 N–H and O–H groups in total. The second-order valence-electron chi connectivity index (χ2n) is 12.6. The average molecular weight is 593 g/mol. The maximum Gasteiger partial charge on any atom is 0.228 e. The van der Waals surface area contributed by atoms with Crippen LogP contribution in [0.5, 0.6) is 0 Å². The van der Waals surface area contributed by atoms with Crippen LogP contribution in [0.3, 0.4) is 0 Å². The first-order valence-electron chi connectivity index (χ1n) is 16.1. The molecule has 44 heavy (non-hydrogen) atoms. The fourth-order valence-corrected chi connectivity index (χ4v) is 7.98. The number of hydrogen-bond donors (Lipinski definition) is 2. The highest BCUT2D eigenvalue weighted by molar-refractivity contribution is 5.93. The Morgan fingerprint density at radius 1 is 0.955 bits per heavy atom. The first-order chi connectivity index (χ1) is 21.5. The SMILES string of the molecule is O=C(CC1C[C@H](C(=O)N2CCCCC2)[C@@]2(CCc3ccccc3)c3[nH]c4ccccc4c3CCN2C1=O)NCc1ccco1. The number of H-pyrrole nitrogens is 1. The van der Waals surface area contributed by atoms with Crippen molar-refractivity contribution in [2.45, 2.75) is 63.5 Å². The standard InChI is InChI=1S/C36H40N4O4/c41-32(37-24-27-12-9-21-44-27)23-26-22-30(35(43)39-18-7-2-8-19-39)36(17-15-25-10-3-1-4-11-25)33-29(16-20-40(36)34(26)42)28-13-5-6-14-31(28)38-33/h1,3-6,9-14,21,26,30,38H,2,7-8,15-20,22-24H2,(H,37,41)/t26?,30-,36+/m1/s1. The number of rotatable bonds is 8. The predicted octanol–water partition coefficient (Wildman–Crippen LogP) is 5.33. The molecule has 228 valence electrons. The van der Waals surface area contributed by atoms with Gasteiger partial charge in [-0.25, -0.2) is 0 Å². The van der Waals surface area contributed by atoms with Crippen molar-refractivity contribution in [2.75, 3.05) is 19.6 Å². The molecule has 3 amide bonds. The third-order valence-electron chi connectivity index (χ3n) is 10.1. The Kier molecular flexibility index (Phi) is 7.75. The molecule has 2 fully saturated rings. The monoisotopic (exact) mass is 592 g/mol. The van der Waals surface area contributed by atoms with E-state index in [2.05, 4.69) is 40.6 Å². The van der Waals surface area contributed by atoms with E-state index in [1.807, 2.05) is 40.1 Å². The highest BCUT2D eigenvalue weighted by Gasteiger charge is 2.59. The highest BCUT2D eigenvalue weighted by Crippen LogP contribution is 2.53. The minimum Gasteiger partial charge on any atom is -0.467 e. The fourth-order valence-electron chi connectivity index (χ4n) is 7.98. The molecule has 0 aliphatic carbocycles. The summed E-state index contributed by atoms with van der Waals surface area (Å²) in [7, 11) is 0. The van der Waals surface area contributed by atoms with Crippen LogP contribution in [0.2, 0.25) is 0 Å². The number of aromatic amines is 1. The Bertz CT molecular complexity index is 1640. The van der Waals surface area contributed by atoms with Crippen LogP contribution in [-0.2, 0) is 39.3 Å². The summed E-state index contributed by atoms with van der Waals surface area (Å²) >= 11 is 0. The van der Waals surface area contributed by atoms with E-state index < -0.39 is 17.4 Å². The molecule has 3 aliphatic heterocycles. The predicted molar refractivity (Wildman–Crippen MR) is 167 cm³/mol. The molecule has 3 atom stereocenters. The summed E-state index contributed by atoms with van der Waals surface area (Å²) in [5.74, 6) is -0.489. The van der Waals surface area contributed by atoms with Crippen molar-refractivity contribution >= 4 is 28.6 Å². The van der Waals surface area contributed by atoms with Crippen LogP contribution < -0.4 is 5.32 Å². The summed E-state index contributed by atoms with van der Waals surface area (Å²) in [6, 6.07) is 22.2. The van der Waals surface area contributed by atoms with Crippen LogP contribution >= 0.6 is 0 Å². The number of amides is 3. The largest absolute Gasteiger partial charge is 0.467 e. The van der Waals surface area contributed by atoms with E-state index >= 15 is 0 Å². The number of carbonyl (C=O) groups excluding carboxylic acids is 3. The molecule has 3 aliphatic rings. The number of nitrogens with zero attached hydrogens (tertiary/aromatic N) is 2. The van der Waals surface area contributed by atoms with Crippen molar-refractivity contribution in [1.29, 1.82) is 0 Å². The molecule has 4 aromatic rings. The van der Waals surface area contributed by atoms with Crippen LogP contribution in [0.15, 0.2) is 77.4 Å². The number of hydrogen-bond acceptors (Lipinski definition) is 4. The summed E-state index contributed by atoms with van der Waals surface area (Å²) in [6.45, 7) is 2.28. The minimum atomic E-state index is -0.824. The van der Waals surface area contributed by atoms with Gasteiger partial charge in [-0.3, -0.25) is 14.4 Å². The topological polar surface area (TPSA) is 98.7 Å². The Balaban J connectivity index is 1.29. The van der Waals surface area contributed by atoms with Gasteiger partial charge in [0.2, 0.25) is 17.7 Å². The van der Waals surface area contributed by atoms with Gasteiger partial charge in [0.15, 0.2) is 0 Å². The first kappa shape index (κ1) is 28.4. The van der Waals surface area contributed by atoms with Gasteiger partial charge in [0.05, 0.1) is 24.3 Å². The van der Waals surface area contributed by atoms with Crippen molar-refractivity contribution in [1.82, 2.24) is 20.1 Å². The maximum atomic E-state index is 14.7. The lowest BCUT2D eigenvalue weighted by Crippen LogP contribution is -2.66. The highest BCUT2D eigenvalue weighted by atomic mass is 16.3. The molecule has 1 unspecified atom stereocenters. The van der Waals surface area contributed by atoms with E-state index in [-0.39, 0.29) is 30.7 Å². The Morgan fingerprint density at radius 2 is 1.75 bits per heavy atom. The number of carbonyl (C=O) groups is 3. The van der Waals surface area contributed by atoms with Gasteiger partial charge in [-0.05, 0) is 74.3 Å². The summed E-state index contributed by atoms with van der Waals surface area (Å²) in [6.07, 6.45) is 7.16. The zero-order valence-corrected chi connectivity index (χ0v) is 25.1. The zero-order chi connectivity index (χ0) is 30.1. The Morgan fingerprint density at radius 3 is 2.55 bits per heavy atom. The van der Waals surface area contributed by atoms with Gasteiger partial charge >= 0.3 is 0 Å². The molecule has 0 spiro atoms. The third kappa shape index (κ3) is 5.10. The van der Waals surface area contributed by atoms with Crippen molar-refractivity contribution in [3.63, 3.8) is 0 Å². The molecule has 7 rings (SSSR count). The van der Waals surface area contributed by atoms with E-state index in [0.29, 0.717) is 31.6 Å². The lowest BCUT2D eigenvalue weighted by Gasteiger charge is -2.56. The molecule has 8 heteroatoms. The summed E-state index contributed by atoms with van der Waals surface area (Å²) in [4.78, 5) is 50.2. The Hall–Kier alpha value is -4.33. The van der Waals surface area contributed by atoms with E-state index in [1.165, 1.54) is 11.1 Å². The van der Waals surface area contributed by atoms with Gasteiger partial charge in [-0.1, -0.05) is 48.5 Å². The van der Waals surface area contributed by atoms with Crippen molar-refractivity contribution in [3.05, 3.63) is 95.6 Å². The quantitative estimate of drug-likeness (QED) is 0.289. The van der Waals surface area contributed by atoms with Crippen LogP contribution in [0.25, 0.3) is 10.9 Å². The normalized spacial score (nSPS) is 23.3. The van der Waals surface area contributed by atoms with Crippen molar-refractivity contribution in [2.24, 2.45) is 11.8 Å². The molecule has 0 saturated carbocycles. The van der Waals surface area contributed by atoms with Gasteiger partial charge in [0.1, 0.15) is 5.76 Å². The first-order valence-corrected chi connectivity index (χ1v) is 16.1. The second-order valence-corrected chi connectivity index (χ2v) is 12.6. The summed E-state index contributed by atoms with van der Waals surface area (Å²) in [5, 5.41) is 4.08. The van der Waals surface area contributed by atoms with Gasteiger partial charge < -0.3 is 24.5 Å². The molecule has 2 saturated heterocycles. The van der Waals surface area contributed by atoms with Gasteiger partial charge in [-0.2, -0.15) is 0 Å². The summed E-state index contributed by atoms with van der Waals surface area (Å²) in [5.41, 5.74) is 3.61. The van der Waals surface area contributed by atoms with Crippen LogP contribution in [0, 0.1) is 11.8 Å². The molecule has 0 bridgehead atoms. The maximum absolute atomic E-state index is 14.7. The number of piperidine rings is 2. The summed E-state index contributed by atoms with van der Waals surface area (Å²) < 4.78 is 5.37. The Labute approximate surface area is 257 Å². The van der Waals surface area contributed by atoms with E-state index in [0.717, 1.165) is 55.4 Å². The van der Waals surface area contributed by atoms with Crippen molar-refractivity contribution < 1.29 is 18.8 Å². The minimum absolute atomic E-state index is 0.0294. The number of para-hydroxylation sites is 1. The molecule has 8 nitrogen and oxygen atoms in total. The van der Waals surface area contributed by atoms with Crippen LogP contribution in [0.1, 0.15) is 61.1 Å². The van der Waals surface area contributed by atoms with E-state index in [9.17, 15) is 14.4 Å². The number of aromatic nitrogens is 1. The average Bonchev–Trinajstić information content (AvgIpc) is 3.73. The van der Waals surface area contributed by atoms with Gasteiger partial charge in [0.25, 0.3) is 0 Å². The van der Waals surface area contributed by atoms with E-state index in [4.69, 9.17) is 4.42 Å². The smallest absolute Gasteiger partial charge is 0.228 e. The van der Waals surface area contributed by atoms with Gasteiger partial charge in [0, 0.05) is 48.6 Å². The zero-order valence-electron chi connectivity index (χ0n) is 25.1. The lowest BCUT2D eigenvalue weighted by molar-refractivity contribution is -0.167. The van der Waals surface area contributed by atoms with Crippen LogP contribution in [-0.4, -0.2) is 52.1 Å². The van der Waals surface area contributed by atoms with E-state index in [1.54, 1.807) is 12.3 Å². The molecule has 0 radical (unpaired) electrons. The van der Waals surface area contributed by atoms with Gasteiger partial charge in [-0.15, -0.1) is 0 Å². The molecule has 5 heterocycles. The number of likely N-dealkylation sites (tertiary alicyclic amines) is 1. The number of fused-ring (bicyclic) bond motifs is 5. The second kappa shape index (κ2) is 12.0. The molecular weight excluding hydrogens is 552 g/mol. The third-order valence-corrected chi connectivity index (χ3v) is 10.1.